The zero-order chi connectivity index (χ0) is 17.9. The van der Waals surface area contributed by atoms with Gasteiger partial charge in [-0.1, -0.05) is 65.7 Å². The van der Waals surface area contributed by atoms with E-state index < -0.39 is 0 Å². The number of hydrogen-bond donors (Lipinski definition) is 0. The molecule has 0 N–H and O–H groups in total. The van der Waals surface area contributed by atoms with Crippen LogP contribution >= 0.6 is 23.2 Å². The summed E-state index contributed by atoms with van der Waals surface area (Å²) in [6.45, 7) is 0.734. The molecule has 0 spiro atoms. The van der Waals surface area contributed by atoms with Crippen molar-refractivity contribution in [3.63, 3.8) is 0 Å². The van der Waals surface area contributed by atoms with Gasteiger partial charge in [-0.2, -0.15) is 0 Å². The van der Waals surface area contributed by atoms with Gasteiger partial charge in [0.15, 0.2) is 0 Å². The van der Waals surface area contributed by atoms with Crippen LogP contribution < -0.4 is 0 Å². The molecule has 1 heterocycles. The predicted molar refractivity (Wildman–Crippen MR) is 111 cm³/mol. The van der Waals surface area contributed by atoms with Gasteiger partial charge in [0.1, 0.15) is 5.82 Å². The number of hydrogen-bond acceptors (Lipinski definition) is 1. The zero-order valence-electron chi connectivity index (χ0n) is 13.9. The van der Waals surface area contributed by atoms with Crippen molar-refractivity contribution in [2.75, 3.05) is 0 Å². The van der Waals surface area contributed by atoms with Gasteiger partial charge >= 0.3 is 0 Å². The number of benzene rings is 3. The summed E-state index contributed by atoms with van der Waals surface area (Å²) in [5.41, 5.74) is 4.36. The lowest BCUT2D eigenvalue weighted by molar-refractivity contribution is 0.814. The van der Waals surface area contributed by atoms with E-state index in [0.29, 0.717) is 0 Å². The van der Waals surface area contributed by atoms with E-state index in [-0.39, 0.29) is 0 Å². The fourth-order valence-corrected chi connectivity index (χ4v) is 3.16. The second-order valence-corrected chi connectivity index (χ2v) is 6.93. The number of rotatable bonds is 4. The van der Waals surface area contributed by atoms with E-state index in [2.05, 4.69) is 16.7 Å². The minimum absolute atomic E-state index is 0.733. The molecule has 0 saturated heterocycles. The molecule has 2 nitrogen and oxygen atoms in total. The standard InChI is InChI=1S/C22H16Cl2N2/c23-18-10-5-16(6-11-18)9-14-22-25-20-3-1-2-4-21(20)26(22)15-17-7-12-19(24)13-8-17/h1-14H,15H2. The van der Waals surface area contributed by atoms with E-state index in [1.165, 1.54) is 5.56 Å². The Morgan fingerprint density at radius 2 is 1.42 bits per heavy atom. The Labute approximate surface area is 162 Å². The van der Waals surface area contributed by atoms with E-state index in [0.717, 1.165) is 39.0 Å². The van der Waals surface area contributed by atoms with Crippen molar-refractivity contribution < 1.29 is 0 Å². The van der Waals surface area contributed by atoms with Gasteiger partial charge < -0.3 is 4.57 Å². The van der Waals surface area contributed by atoms with Gasteiger partial charge in [-0.15, -0.1) is 0 Å². The van der Waals surface area contributed by atoms with Crippen LogP contribution in [0.3, 0.4) is 0 Å². The Morgan fingerprint density at radius 3 is 2.15 bits per heavy atom. The van der Waals surface area contributed by atoms with Crippen LogP contribution in [0.2, 0.25) is 10.0 Å². The average Bonchev–Trinajstić information content (AvgIpc) is 3.01. The second-order valence-electron chi connectivity index (χ2n) is 6.06. The summed E-state index contributed by atoms with van der Waals surface area (Å²) in [5, 5.41) is 1.48. The average molecular weight is 379 g/mol. The molecule has 26 heavy (non-hydrogen) atoms. The fourth-order valence-electron chi connectivity index (χ4n) is 2.90. The molecule has 4 rings (SSSR count). The van der Waals surface area contributed by atoms with Crippen LogP contribution in [0, 0.1) is 0 Å². The number of aromatic nitrogens is 2. The van der Waals surface area contributed by atoms with Crippen molar-refractivity contribution in [1.82, 2.24) is 9.55 Å². The highest BCUT2D eigenvalue weighted by Crippen LogP contribution is 2.21. The van der Waals surface area contributed by atoms with Gasteiger partial charge in [0.05, 0.1) is 11.0 Å². The number of halogens is 2. The van der Waals surface area contributed by atoms with Gasteiger partial charge in [-0.05, 0) is 53.6 Å². The second kappa shape index (κ2) is 7.36. The highest BCUT2D eigenvalue weighted by atomic mass is 35.5. The monoisotopic (exact) mass is 378 g/mol. The van der Waals surface area contributed by atoms with Gasteiger partial charge in [-0.3, -0.25) is 0 Å². The van der Waals surface area contributed by atoms with E-state index in [1.807, 2.05) is 72.8 Å². The van der Waals surface area contributed by atoms with Crippen LogP contribution in [0.4, 0.5) is 0 Å². The highest BCUT2D eigenvalue weighted by molar-refractivity contribution is 6.30. The van der Waals surface area contributed by atoms with Crippen LogP contribution in [-0.4, -0.2) is 9.55 Å². The quantitative estimate of drug-likeness (QED) is 0.393. The fraction of sp³-hybridized carbons (Fsp3) is 0.0455. The number of nitrogens with zero attached hydrogens (tertiary/aromatic N) is 2. The van der Waals surface area contributed by atoms with E-state index in [1.54, 1.807) is 0 Å². The van der Waals surface area contributed by atoms with E-state index in [4.69, 9.17) is 28.2 Å². The summed E-state index contributed by atoms with van der Waals surface area (Å²) in [6, 6.07) is 23.9. The molecule has 3 aromatic carbocycles. The Balaban J connectivity index is 1.73. The molecule has 0 amide bonds. The van der Waals surface area contributed by atoms with Crippen molar-refractivity contribution in [2.24, 2.45) is 0 Å². The largest absolute Gasteiger partial charge is 0.320 e. The lowest BCUT2D eigenvalue weighted by Crippen LogP contribution is -2.02. The first-order chi connectivity index (χ1) is 12.7. The molecule has 0 bridgehead atoms. The smallest absolute Gasteiger partial charge is 0.134 e. The molecule has 128 valence electrons. The van der Waals surface area contributed by atoms with E-state index in [9.17, 15) is 0 Å². The van der Waals surface area contributed by atoms with Crippen molar-refractivity contribution >= 4 is 46.4 Å². The van der Waals surface area contributed by atoms with Gasteiger partial charge in [0.2, 0.25) is 0 Å². The van der Waals surface area contributed by atoms with E-state index >= 15 is 0 Å². The Bertz CT molecular complexity index is 1060. The summed E-state index contributed by atoms with van der Waals surface area (Å²) >= 11 is 12.0. The first-order valence-corrected chi connectivity index (χ1v) is 9.08. The summed E-state index contributed by atoms with van der Waals surface area (Å²) in [5.74, 6) is 0.913. The minimum atomic E-state index is 0.733. The van der Waals surface area contributed by atoms with Gasteiger partial charge in [-0.25, -0.2) is 4.98 Å². The van der Waals surface area contributed by atoms with Crippen LogP contribution in [0.25, 0.3) is 23.2 Å². The summed E-state index contributed by atoms with van der Waals surface area (Å²) in [7, 11) is 0. The topological polar surface area (TPSA) is 17.8 Å². The summed E-state index contributed by atoms with van der Waals surface area (Å²) in [6.07, 6.45) is 4.09. The molecule has 1 aromatic heterocycles. The maximum absolute atomic E-state index is 6.01. The minimum Gasteiger partial charge on any atom is -0.320 e. The number of fused-ring (bicyclic) bond motifs is 1. The number of para-hydroxylation sites is 2. The molecule has 4 heteroatoms. The Kier molecular flexibility index (Phi) is 4.79. The lowest BCUT2D eigenvalue weighted by atomic mass is 10.2. The third-order valence-corrected chi connectivity index (χ3v) is 4.74. The van der Waals surface area contributed by atoms with Crippen LogP contribution in [0.5, 0.6) is 0 Å². The Morgan fingerprint density at radius 1 is 0.769 bits per heavy atom. The van der Waals surface area contributed by atoms with Crippen molar-refractivity contribution in [1.29, 1.82) is 0 Å². The van der Waals surface area contributed by atoms with Crippen molar-refractivity contribution in [3.8, 4) is 0 Å². The molecule has 0 aliphatic carbocycles. The molecule has 0 aliphatic rings. The predicted octanol–water partition coefficient (Wildman–Crippen LogP) is 6.56. The molecular weight excluding hydrogens is 363 g/mol. The van der Waals surface area contributed by atoms with Crippen molar-refractivity contribution in [2.45, 2.75) is 6.54 Å². The molecular formula is C22H16Cl2N2. The molecule has 4 aromatic rings. The van der Waals surface area contributed by atoms with Crippen LogP contribution in [-0.2, 0) is 6.54 Å². The van der Waals surface area contributed by atoms with Crippen LogP contribution in [0.1, 0.15) is 17.0 Å². The highest BCUT2D eigenvalue weighted by Gasteiger charge is 2.08. The van der Waals surface area contributed by atoms with Crippen molar-refractivity contribution in [3.05, 3.63) is 99.8 Å². The Hall–Kier alpha value is -2.55. The lowest BCUT2D eigenvalue weighted by Gasteiger charge is -2.08. The zero-order valence-corrected chi connectivity index (χ0v) is 15.5. The SMILES string of the molecule is Clc1ccc(C=Cc2nc3ccccc3n2Cc2ccc(Cl)cc2)cc1. The molecule has 0 aliphatic heterocycles. The maximum atomic E-state index is 6.01. The number of imidazole rings is 1. The van der Waals surface area contributed by atoms with Gasteiger partial charge in [0, 0.05) is 16.6 Å². The molecule has 0 unspecified atom stereocenters. The summed E-state index contributed by atoms with van der Waals surface area (Å²) in [4.78, 5) is 4.78. The first-order valence-electron chi connectivity index (χ1n) is 8.32. The third kappa shape index (κ3) is 3.67. The van der Waals surface area contributed by atoms with Crippen LogP contribution in [0.15, 0.2) is 72.8 Å². The third-order valence-electron chi connectivity index (χ3n) is 4.23. The first kappa shape index (κ1) is 16.9. The normalized spacial score (nSPS) is 11.5. The maximum Gasteiger partial charge on any atom is 0.134 e. The molecule has 0 fully saturated rings. The van der Waals surface area contributed by atoms with Gasteiger partial charge in [0.25, 0.3) is 0 Å². The molecule has 0 radical (unpaired) electrons. The molecule has 0 saturated carbocycles. The molecule has 0 atom stereocenters. The summed E-state index contributed by atoms with van der Waals surface area (Å²) < 4.78 is 2.21.